The molecule has 7 heteroatoms. The molecule has 0 radical (unpaired) electrons. The highest BCUT2D eigenvalue weighted by molar-refractivity contribution is 5.96. The molecule has 4 aromatic rings. The van der Waals surface area contributed by atoms with E-state index in [0.717, 1.165) is 28.8 Å². The van der Waals surface area contributed by atoms with Crippen LogP contribution in [0.3, 0.4) is 0 Å². The van der Waals surface area contributed by atoms with Crippen molar-refractivity contribution in [3.63, 3.8) is 0 Å². The lowest BCUT2D eigenvalue weighted by Gasteiger charge is -2.16. The van der Waals surface area contributed by atoms with Crippen LogP contribution in [0.2, 0.25) is 0 Å². The van der Waals surface area contributed by atoms with Crippen molar-refractivity contribution >= 4 is 22.6 Å². The molecular weight excluding hydrogens is 366 g/mol. The van der Waals surface area contributed by atoms with Gasteiger partial charge in [-0.15, -0.1) is 0 Å². The van der Waals surface area contributed by atoms with Gasteiger partial charge < -0.3 is 14.0 Å². The summed E-state index contributed by atoms with van der Waals surface area (Å²) in [5.41, 5.74) is 4.90. The number of carbonyl (C=O) groups excluding carboxylic acids is 1. The quantitative estimate of drug-likeness (QED) is 0.530. The summed E-state index contributed by atoms with van der Waals surface area (Å²) in [6.07, 6.45) is 2.20. The number of aryl methyl sites for hydroxylation is 2. The number of carbonyl (C=O) groups is 1. The maximum Gasteiger partial charge on any atom is 0.232 e. The van der Waals surface area contributed by atoms with Crippen molar-refractivity contribution in [2.24, 2.45) is 0 Å². The van der Waals surface area contributed by atoms with Crippen LogP contribution in [0.4, 0.5) is 5.69 Å². The number of fused-ring (bicyclic) bond motifs is 1. The molecule has 0 aliphatic carbocycles. The number of benzene rings is 2. The molecule has 0 spiro atoms. The Kier molecular flexibility index (Phi) is 4.16. The number of rotatable bonds is 4. The van der Waals surface area contributed by atoms with Crippen molar-refractivity contribution in [3.05, 3.63) is 60.2 Å². The molecule has 1 aliphatic rings. The van der Waals surface area contributed by atoms with E-state index in [1.165, 1.54) is 5.56 Å². The molecule has 0 saturated carbocycles. The van der Waals surface area contributed by atoms with Crippen LogP contribution in [0.15, 0.2) is 53.3 Å². The second-order valence-electron chi connectivity index (χ2n) is 7.43. The van der Waals surface area contributed by atoms with Crippen molar-refractivity contribution < 1.29 is 9.32 Å². The van der Waals surface area contributed by atoms with Crippen molar-refractivity contribution in [3.8, 4) is 11.4 Å². The van der Waals surface area contributed by atoms with Gasteiger partial charge >= 0.3 is 0 Å². The second kappa shape index (κ2) is 6.84. The van der Waals surface area contributed by atoms with E-state index in [9.17, 15) is 4.79 Å². The number of amides is 1. The number of imidazole rings is 1. The minimum absolute atomic E-state index is 0.0742. The van der Waals surface area contributed by atoms with E-state index in [2.05, 4.69) is 26.6 Å². The van der Waals surface area contributed by atoms with Gasteiger partial charge in [0.25, 0.3) is 0 Å². The first-order valence-corrected chi connectivity index (χ1v) is 9.78. The van der Waals surface area contributed by atoms with E-state index in [4.69, 9.17) is 4.52 Å². The Balaban J connectivity index is 1.39. The Morgan fingerprint density at radius 1 is 1.17 bits per heavy atom. The monoisotopic (exact) mass is 387 g/mol. The van der Waals surface area contributed by atoms with Crippen LogP contribution in [0.25, 0.3) is 22.4 Å². The zero-order chi connectivity index (χ0) is 20.0. The number of nitrogens with zero attached hydrogens (tertiary/aromatic N) is 5. The number of hydrogen-bond acceptors (Lipinski definition) is 5. The van der Waals surface area contributed by atoms with Crippen LogP contribution >= 0.6 is 0 Å². The van der Waals surface area contributed by atoms with E-state index in [0.29, 0.717) is 24.7 Å². The first kappa shape index (κ1) is 17.6. The van der Waals surface area contributed by atoms with Gasteiger partial charge in [-0.2, -0.15) is 4.98 Å². The van der Waals surface area contributed by atoms with Crippen molar-refractivity contribution in [2.75, 3.05) is 11.4 Å². The molecule has 0 N–H and O–H groups in total. The number of anilines is 1. The van der Waals surface area contributed by atoms with Gasteiger partial charge in [0, 0.05) is 30.8 Å². The summed E-state index contributed by atoms with van der Waals surface area (Å²) in [4.78, 5) is 23.3. The minimum atomic E-state index is -0.104. The smallest absolute Gasteiger partial charge is 0.232 e. The fourth-order valence-electron chi connectivity index (χ4n) is 3.82. The first-order chi connectivity index (χ1) is 14.1. The zero-order valence-electron chi connectivity index (χ0n) is 16.4. The molecule has 1 atom stereocenters. The second-order valence-corrected chi connectivity index (χ2v) is 7.43. The summed E-state index contributed by atoms with van der Waals surface area (Å²) < 4.78 is 7.62. The molecule has 1 fully saturated rings. The highest BCUT2D eigenvalue weighted by Crippen LogP contribution is 2.32. The Hall–Kier alpha value is -3.48. The standard InChI is InChI=1S/C22H21N5O2/c1-3-26-13-23-18-10-15(6-9-19(18)26)21-24-22(29-25-21)16-11-20(28)27(12-16)17-7-4-14(2)5-8-17/h4-10,13,16H,3,11-12H2,1-2H3/t16-/m0/s1. The summed E-state index contributed by atoms with van der Waals surface area (Å²) in [6, 6.07) is 13.9. The van der Waals surface area contributed by atoms with Crippen LogP contribution in [-0.4, -0.2) is 32.1 Å². The Morgan fingerprint density at radius 3 is 2.79 bits per heavy atom. The van der Waals surface area contributed by atoms with Crippen molar-refractivity contribution in [1.29, 1.82) is 0 Å². The summed E-state index contributed by atoms with van der Waals surface area (Å²) in [6.45, 7) is 5.53. The molecule has 1 saturated heterocycles. The summed E-state index contributed by atoms with van der Waals surface area (Å²) in [5.74, 6) is 0.995. The van der Waals surface area contributed by atoms with Crippen molar-refractivity contribution in [2.45, 2.75) is 32.7 Å². The fourth-order valence-corrected chi connectivity index (χ4v) is 3.82. The van der Waals surface area contributed by atoms with Crippen LogP contribution in [0, 0.1) is 6.92 Å². The third-order valence-corrected chi connectivity index (χ3v) is 5.48. The molecule has 1 amide bonds. The first-order valence-electron chi connectivity index (χ1n) is 9.78. The summed E-state index contributed by atoms with van der Waals surface area (Å²) in [5, 5.41) is 4.15. The number of hydrogen-bond donors (Lipinski definition) is 0. The van der Waals surface area contributed by atoms with Gasteiger partial charge in [-0.1, -0.05) is 22.9 Å². The van der Waals surface area contributed by atoms with E-state index < -0.39 is 0 Å². The Bertz CT molecular complexity index is 1190. The van der Waals surface area contributed by atoms with Gasteiger partial charge in [0.2, 0.25) is 17.6 Å². The zero-order valence-corrected chi connectivity index (χ0v) is 16.4. The summed E-state index contributed by atoms with van der Waals surface area (Å²) >= 11 is 0. The molecule has 3 heterocycles. The van der Waals surface area contributed by atoms with Gasteiger partial charge in [-0.3, -0.25) is 4.79 Å². The highest BCUT2D eigenvalue weighted by atomic mass is 16.5. The lowest BCUT2D eigenvalue weighted by Crippen LogP contribution is -2.24. The van der Waals surface area contributed by atoms with Gasteiger partial charge in [0.1, 0.15) is 0 Å². The molecule has 2 aromatic heterocycles. The fraction of sp³-hybridized carbons (Fsp3) is 0.273. The van der Waals surface area contributed by atoms with Gasteiger partial charge in [0.15, 0.2) is 0 Å². The molecule has 29 heavy (non-hydrogen) atoms. The third-order valence-electron chi connectivity index (χ3n) is 5.48. The predicted octanol–water partition coefficient (Wildman–Crippen LogP) is 3.94. The number of aromatic nitrogens is 4. The Morgan fingerprint density at radius 2 is 2.00 bits per heavy atom. The SMILES string of the molecule is CCn1cnc2cc(-c3noc([C@H]4CC(=O)N(c5ccc(C)cc5)C4)n3)ccc21. The molecule has 1 aliphatic heterocycles. The van der Waals surface area contributed by atoms with E-state index in [1.807, 2.05) is 55.7 Å². The van der Waals surface area contributed by atoms with Crippen LogP contribution < -0.4 is 4.90 Å². The topological polar surface area (TPSA) is 77.0 Å². The van der Waals surface area contributed by atoms with E-state index in [-0.39, 0.29) is 11.8 Å². The van der Waals surface area contributed by atoms with Gasteiger partial charge in [-0.25, -0.2) is 4.98 Å². The Labute approximate surface area is 168 Å². The average Bonchev–Trinajstić information content (AvgIpc) is 3.46. The molecule has 146 valence electrons. The predicted molar refractivity (Wildman–Crippen MR) is 110 cm³/mol. The van der Waals surface area contributed by atoms with Gasteiger partial charge in [-0.05, 0) is 44.2 Å². The maximum absolute atomic E-state index is 12.5. The molecule has 0 bridgehead atoms. The molecule has 7 nitrogen and oxygen atoms in total. The molecule has 0 unspecified atom stereocenters. The third kappa shape index (κ3) is 3.08. The molecule has 5 rings (SSSR count). The maximum atomic E-state index is 12.5. The summed E-state index contributed by atoms with van der Waals surface area (Å²) in [7, 11) is 0. The normalized spacial score (nSPS) is 16.8. The van der Waals surface area contributed by atoms with Crippen LogP contribution in [0.1, 0.15) is 30.7 Å². The highest BCUT2D eigenvalue weighted by Gasteiger charge is 2.35. The molecular formula is C22H21N5O2. The molecule has 2 aromatic carbocycles. The van der Waals surface area contributed by atoms with Crippen molar-refractivity contribution in [1.82, 2.24) is 19.7 Å². The lowest BCUT2D eigenvalue weighted by molar-refractivity contribution is -0.117. The van der Waals surface area contributed by atoms with E-state index >= 15 is 0 Å². The van der Waals surface area contributed by atoms with Crippen LogP contribution in [-0.2, 0) is 11.3 Å². The lowest BCUT2D eigenvalue weighted by atomic mass is 10.1. The minimum Gasteiger partial charge on any atom is -0.339 e. The van der Waals surface area contributed by atoms with E-state index in [1.54, 1.807) is 4.90 Å². The van der Waals surface area contributed by atoms with Gasteiger partial charge in [0.05, 0.1) is 23.3 Å². The largest absolute Gasteiger partial charge is 0.339 e. The van der Waals surface area contributed by atoms with Crippen LogP contribution in [0.5, 0.6) is 0 Å². The average molecular weight is 387 g/mol.